The Morgan fingerprint density at radius 2 is 2.00 bits per heavy atom. The third-order valence-electron chi connectivity index (χ3n) is 4.22. The lowest BCUT2D eigenvalue weighted by molar-refractivity contribution is 0.702. The Hall–Kier alpha value is -4.18. The summed E-state index contributed by atoms with van der Waals surface area (Å²) in [6.07, 6.45) is 10.7. The number of hydrogen-bond donors (Lipinski definition) is 2. The Balaban J connectivity index is 1.73. The number of hydrogen-bond acceptors (Lipinski definition) is 6. The molecular weight excluding hydrogens is 362 g/mol. The molecule has 0 saturated carbocycles. The third kappa shape index (κ3) is 4.06. The number of fused-ring (bicyclic) bond motifs is 1. The van der Waals surface area contributed by atoms with E-state index in [0.717, 1.165) is 33.5 Å². The van der Waals surface area contributed by atoms with Crippen LogP contribution in [-0.2, 0) is 6.54 Å². The summed E-state index contributed by atoms with van der Waals surface area (Å²) in [4.78, 5) is 13.2. The molecule has 4 aromatic heterocycles. The second kappa shape index (κ2) is 8.23. The van der Waals surface area contributed by atoms with Gasteiger partial charge in [0, 0.05) is 42.6 Å². The van der Waals surface area contributed by atoms with Crippen LogP contribution in [0.15, 0.2) is 67.9 Å². The van der Waals surface area contributed by atoms with Crippen molar-refractivity contribution >= 4 is 28.2 Å². The van der Waals surface area contributed by atoms with E-state index in [2.05, 4.69) is 49.1 Å². The number of aromatic nitrogens is 5. The molecule has 0 fully saturated rings. The van der Waals surface area contributed by atoms with Crippen LogP contribution in [0.3, 0.4) is 0 Å². The highest BCUT2D eigenvalue weighted by molar-refractivity contribution is 5.96. The topological polar surface area (TPSA) is 80.5 Å². The predicted molar refractivity (Wildman–Crippen MR) is 115 cm³/mol. The molecule has 0 aromatic carbocycles. The molecule has 0 aliphatic carbocycles. The average Bonchev–Trinajstić information content (AvgIpc) is 3.20. The Labute approximate surface area is 168 Å². The first-order chi connectivity index (χ1) is 14.3. The van der Waals surface area contributed by atoms with Crippen LogP contribution in [-0.4, -0.2) is 31.8 Å². The average molecular weight is 381 g/mol. The number of anilines is 3. The molecule has 0 bridgehead atoms. The molecule has 7 heteroatoms. The molecule has 4 aromatic rings. The van der Waals surface area contributed by atoms with Crippen LogP contribution >= 0.6 is 0 Å². The van der Waals surface area contributed by atoms with Gasteiger partial charge in [-0.25, -0.2) is 15.0 Å². The van der Waals surface area contributed by atoms with E-state index in [9.17, 15) is 0 Å². The summed E-state index contributed by atoms with van der Waals surface area (Å²) in [6.45, 7) is 4.37. The van der Waals surface area contributed by atoms with Crippen molar-refractivity contribution in [1.82, 2.24) is 24.7 Å². The number of nitrogens with one attached hydrogen (secondary N) is 2. The molecule has 0 aliphatic rings. The Bertz CT molecular complexity index is 1220. The van der Waals surface area contributed by atoms with Crippen molar-refractivity contribution < 1.29 is 0 Å². The lowest BCUT2D eigenvalue weighted by atomic mass is 10.1. The third-order valence-corrected chi connectivity index (χ3v) is 4.22. The van der Waals surface area contributed by atoms with E-state index in [4.69, 9.17) is 0 Å². The van der Waals surface area contributed by atoms with E-state index < -0.39 is 0 Å². The van der Waals surface area contributed by atoms with Crippen molar-refractivity contribution in [3.05, 3.63) is 79.0 Å². The lowest BCUT2D eigenvalue weighted by Crippen LogP contribution is -1.99. The molecule has 0 unspecified atom stereocenters. The fourth-order valence-corrected chi connectivity index (χ4v) is 2.87. The monoisotopic (exact) mass is 381 g/mol. The highest BCUT2D eigenvalue weighted by Gasteiger charge is 2.08. The van der Waals surface area contributed by atoms with Crippen LogP contribution < -0.4 is 10.6 Å². The Morgan fingerprint density at radius 1 is 1.07 bits per heavy atom. The van der Waals surface area contributed by atoms with Crippen LogP contribution in [0.2, 0.25) is 0 Å². The van der Waals surface area contributed by atoms with Crippen molar-refractivity contribution in [3.63, 3.8) is 0 Å². The summed E-state index contributed by atoms with van der Waals surface area (Å²) >= 11 is 0. The molecule has 0 aliphatic heterocycles. The van der Waals surface area contributed by atoms with Gasteiger partial charge in [-0.15, -0.1) is 6.58 Å². The van der Waals surface area contributed by atoms with Gasteiger partial charge < -0.3 is 10.6 Å². The molecule has 4 rings (SSSR count). The summed E-state index contributed by atoms with van der Waals surface area (Å²) in [5.74, 6) is 8.53. The van der Waals surface area contributed by atoms with E-state index >= 15 is 0 Å². The summed E-state index contributed by atoms with van der Waals surface area (Å²) in [5.41, 5.74) is 1.64. The van der Waals surface area contributed by atoms with Crippen molar-refractivity contribution in [1.29, 1.82) is 0 Å². The molecule has 4 heterocycles. The fraction of sp³-hybridized carbons (Fsp3) is 0.0909. The van der Waals surface area contributed by atoms with E-state index in [1.807, 2.05) is 37.5 Å². The predicted octanol–water partition coefficient (Wildman–Crippen LogP) is 3.59. The van der Waals surface area contributed by atoms with Crippen LogP contribution in [0.25, 0.3) is 10.8 Å². The van der Waals surface area contributed by atoms with Gasteiger partial charge in [-0.05, 0) is 18.2 Å². The van der Waals surface area contributed by atoms with Gasteiger partial charge in [0.25, 0.3) is 0 Å². The fourth-order valence-electron chi connectivity index (χ4n) is 2.87. The van der Waals surface area contributed by atoms with E-state index in [-0.39, 0.29) is 0 Å². The summed E-state index contributed by atoms with van der Waals surface area (Å²) in [7, 11) is 1.83. The first-order valence-corrected chi connectivity index (χ1v) is 9.07. The summed E-state index contributed by atoms with van der Waals surface area (Å²) in [6, 6.07) is 7.63. The standard InChI is InChI=1S/C22H19N7/c1-3-10-29-15-16(12-27-29)7-8-17-13-26-22(23-2)19-14-25-21(11-18(17)19)28-20-6-4-5-9-24-20/h3-6,9,11-15H,1,10H2,2H3,(H,23,26)(H,24,25,28). The summed E-state index contributed by atoms with van der Waals surface area (Å²) in [5, 5.41) is 12.4. The van der Waals surface area contributed by atoms with Crippen LogP contribution in [0.5, 0.6) is 0 Å². The maximum absolute atomic E-state index is 4.49. The molecular formula is C22H19N7. The van der Waals surface area contributed by atoms with Gasteiger partial charge in [0.1, 0.15) is 17.5 Å². The molecule has 0 spiro atoms. The van der Waals surface area contributed by atoms with Crippen molar-refractivity contribution in [2.24, 2.45) is 0 Å². The van der Waals surface area contributed by atoms with E-state index in [1.165, 1.54) is 0 Å². The minimum Gasteiger partial charge on any atom is -0.373 e. The zero-order valence-corrected chi connectivity index (χ0v) is 15.9. The van der Waals surface area contributed by atoms with Crippen LogP contribution in [0, 0.1) is 11.8 Å². The first kappa shape index (κ1) is 18.2. The number of rotatable bonds is 5. The number of nitrogens with zero attached hydrogens (tertiary/aromatic N) is 5. The van der Waals surface area contributed by atoms with E-state index in [0.29, 0.717) is 12.4 Å². The minimum atomic E-state index is 0.650. The molecule has 29 heavy (non-hydrogen) atoms. The molecule has 2 N–H and O–H groups in total. The maximum Gasteiger partial charge on any atom is 0.135 e. The zero-order chi connectivity index (χ0) is 20.1. The maximum atomic E-state index is 4.49. The first-order valence-electron chi connectivity index (χ1n) is 9.07. The van der Waals surface area contributed by atoms with Crippen molar-refractivity contribution in [3.8, 4) is 11.8 Å². The van der Waals surface area contributed by atoms with Gasteiger partial charge in [0.15, 0.2) is 0 Å². The highest BCUT2D eigenvalue weighted by Crippen LogP contribution is 2.26. The number of pyridine rings is 3. The van der Waals surface area contributed by atoms with Crippen LogP contribution in [0.4, 0.5) is 17.5 Å². The quantitative estimate of drug-likeness (QED) is 0.406. The Kier molecular flexibility index (Phi) is 5.16. The molecule has 0 atom stereocenters. The van der Waals surface area contributed by atoms with Gasteiger partial charge >= 0.3 is 0 Å². The van der Waals surface area contributed by atoms with Gasteiger partial charge in [0.05, 0.1) is 23.9 Å². The second-order valence-electron chi connectivity index (χ2n) is 6.22. The highest BCUT2D eigenvalue weighted by atomic mass is 15.3. The summed E-state index contributed by atoms with van der Waals surface area (Å²) < 4.78 is 1.79. The molecule has 142 valence electrons. The normalized spacial score (nSPS) is 10.2. The molecule has 0 radical (unpaired) electrons. The van der Waals surface area contributed by atoms with Gasteiger partial charge in [-0.3, -0.25) is 4.68 Å². The largest absolute Gasteiger partial charge is 0.373 e. The number of allylic oxidation sites excluding steroid dienone is 1. The van der Waals surface area contributed by atoms with Crippen LogP contribution in [0.1, 0.15) is 11.1 Å². The van der Waals surface area contributed by atoms with Gasteiger partial charge in [0.2, 0.25) is 0 Å². The molecule has 7 nitrogen and oxygen atoms in total. The van der Waals surface area contributed by atoms with E-state index in [1.54, 1.807) is 35.5 Å². The smallest absolute Gasteiger partial charge is 0.135 e. The zero-order valence-electron chi connectivity index (χ0n) is 15.9. The minimum absolute atomic E-state index is 0.650. The second-order valence-corrected chi connectivity index (χ2v) is 6.22. The van der Waals surface area contributed by atoms with Crippen molar-refractivity contribution in [2.45, 2.75) is 6.54 Å². The lowest BCUT2D eigenvalue weighted by Gasteiger charge is -2.09. The molecule has 0 amide bonds. The molecule has 0 saturated heterocycles. The van der Waals surface area contributed by atoms with Gasteiger partial charge in [-0.1, -0.05) is 24.0 Å². The van der Waals surface area contributed by atoms with Gasteiger partial charge in [-0.2, -0.15) is 5.10 Å². The SMILES string of the molecule is C=CCn1cc(C#Cc2cnc(NC)c3cnc(Nc4ccccn4)cc23)cn1. The Morgan fingerprint density at radius 3 is 2.79 bits per heavy atom. The van der Waals surface area contributed by atoms with Crippen molar-refractivity contribution in [2.75, 3.05) is 17.7 Å².